The minimum atomic E-state index is -0.524. The van der Waals surface area contributed by atoms with Gasteiger partial charge in [-0.3, -0.25) is 0 Å². The van der Waals surface area contributed by atoms with E-state index in [0.29, 0.717) is 13.0 Å². The SMILES string of the molecule is CC.[B]c1cc(CCO)c(C2(CC)CCN(C(=O)OC(C)(C)C)C(Cc3ccccc3)C2)s1. The van der Waals surface area contributed by atoms with Gasteiger partial charge in [0, 0.05) is 29.5 Å². The van der Waals surface area contributed by atoms with Gasteiger partial charge >= 0.3 is 6.09 Å². The Labute approximate surface area is 205 Å². The monoisotopic (exact) mass is 469 g/mol. The molecule has 1 N–H and O–H groups in total. The fraction of sp³-hybridized carbons (Fsp3) is 0.593. The van der Waals surface area contributed by atoms with Crippen LogP contribution in [0.3, 0.4) is 0 Å². The van der Waals surface area contributed by atoms with Gasteiger partial charge in [0.15, 0.2) is 0 Å². The molecule has 1 amide bonds. The molecule has 1 saturated heterocycles. The van der Waals surface area contributed by atoms with E-state index >= 15 is 0 Å². The molecule has 1 aromatic carbocycles. The lowest BCUT2D eigenvalue weighted by atomic mass is 9.70. The molecule has 0 bridgehead atoms. The van der Waals surface area contributed by atoms with Crippen molar-refractivity contribution in [2.75, 3.05) is 13.2 Å². The van der Waals surface area contributed by atoms with Crippen molar-refractivity contribution in [3.63, 3.8) is 0 Å². The zero-order valence-corrected chi connectivity index (χ0v) is 22.0. The van der Waals surface area contributed by atoms with E-state index in [0.717, 1.165) is 36.0 Å². The molecule has 1 aromatic heterocycles. The van der Waals surface area contributed by atoms with Crippen molar-refractivity contribution in [1.29, 1.82) is 0 Å². The lowest BCUT2D eigenvalue weighted by Crippen LogP contribution is -2.53. The van der Waals surface area contributed by atoms with Crippen molar-refractivity contribution in [3.05, 3.63) is 52.4 Å². The molecule has 180 valence electrons. The number of likely N-dealkylation sites (tertiary alicyclic amines) is 1. The second-order valence-corrected chi connectivity index (χ2v) is 10.7. The Morgan fingerprint density at radius 3 is 2.52 bits per heavy atom. The van der Waals surface area contributed by atoms with Crippen LogP contribution in [0.15, 0.2) is 36.4 Å². The van der Waals surface area contributed by atoms with Gasteiger partial charge in [0.25, 0.3) is 0 Å². The molecule has 3 rings (SSSR count). The minimum Gasteiger partial charge on any atom is -0.444 e. The lowest BCUT2D eigenvalue weighted by Gasteiger charge is -2.47. The molecule has 4 nitrogen and oxygen atoms in total. The quantitative estimate of drug-likeness (QED) is 0.577. The Morgan fingerprint density at radius 1 is 1.27 bits per heavy atom. The molecule has 0 aliphatic carbocycles. The van der Waals surface area contributed by atoms with E-state index in [2.05, 4.69) is 19.1 Å². The summed E-state index contributed by atoms with van der Waals surface area (Å²) in [5.41, 5.74) is 1.79. The first-order chi connectivity index (χ1) is 15.7. The van der Waals surface area contributed by atoms with Gasteiger partial charge in [0.2, 0.25) is 0 Å². The predicted molar refractivity (Wildman–Crippen MR) is 140 cm³/mol. The zero-order chi connectivity index (χ0) is 24.6. The maximum Gasteiger partial charge on any atom is 0.410 e. The van der Waals surface area contributed by atoms with Crippen LogP contribution in [0.1, 0.15) is 76.8 Å². The van der Waals surface area contributed by atoms with Gasteiger partial charge in [-0.15, -0.1) is 0 Å². The molecule has 2 atom stereocenters. The maximum atomic E-state index is 13.1. The highest BCUT2D eigenvalue weighted by Crippen LogP contribution is 2.45. The van der Waals surface area contributed by atoms with Crippen LogP contribution in [0.25, 0.3) is 0 Å². The number of carbonyl (C=O) groups excluding carboxylic acids is 1. The van der Waals surface area contributed by atoms with E-state index < -0.39 is 5.60 Å². The highest BCUT2D eigenvalue weighted by atomic mass is 32.1. The summed E-state index contributed by atoms with van der Waals surface area (Å²) in [5, 5.41) is 9.57. The molecular weight excluding hydrogens is 429 g/mol. The normalized spacial score (nSPS) is 20.7. The fourth-order valence-electron chi connectivity index (χ4n) is 4.70. The first-order valence-corrected chi connectivity index (χ1v) is 13.0. The van der Waals surface area contributed by atoms with Gasteiger partial charge in [-0.05, 0) is 68.8 Å². The summed E-state index contributed by atoms with van der Waals surface area (Å²) in [7, 11) is 6.19. The molecule has 1 aliphatic rings. The van der Waals surface area contributed by atoms with Crippen molar-refractivity contribution < 1.29 is 14.6 Å². The third kappa shape index (κ3) is 7.10. The van der Waals surface area contributed by atoms with Crippen LogP contribution >= 0.6 is 11.3 Å². The zero-order valence-electron chi connectivity index (χ0n) is 21.2. The Kier molecular flexibility index (Phi) is 10.0. The van der Waals surface area contributed by atoms with E-state index in [1.807, 2.05) is 63.8 Å². The van der Waals surface area contributed by atoms with Crippen molar-refractivity contribution >= 4 is 30.1 Å². The number of carbonyl (C=O) groups is 1. The predicted octanol–water partition coefficient (Wildman–Crippen LogP) is 5.39. The number of amides is 1. The minimum absolute atomic E-state index is 0.0382. The third-order valence-corrected chi connectivity index (χ3v) is 7.46. The Balaban J connectivity index is 0.00000187. The molecule has 0 saturated carbocycles. The summed E-state index contributed by atoms with van der Waals surface area (Å²) in [5.74, 6) is 0. The Bertz CT molecular complexity index is 877. The molecule has 2 aromatic rings. The van der Waals surface area contributed by atoms with Crippen LogP contribution < -0.4 is 4.78 Å². The summed E-state index contributed by atoms with van der Waals surface area (Å²) in [4.78, 5) is 16.3. The Hall–Kier alpha value is -1.79. The first-order valence-electron chi connectivity index (χ1n) is 12.2. The average Bonchev–Trinajstić information content (AvgIpc) is 3.15. The third-order valence-electron chi connectivity index (χ3n) is 6.21. The van der Waals surface area contributed by atoms with Crippen LogP contribution in [-0.2, 0) is 23.0 Å². The summed E-state index contributed by atoms with van der Waals surface area (Å²) in [6, 6.07) is 12.4. The first kappa shape index (κ1) is 27.5. The number of ether oxygens (including phenoxy) is 1. The average molecular weight is 470 g/mol. The molecule has 33 heavy (non-hydrogen) atoms. The van der Waals surface area contributed by atoms with Crippen LogP contribution in [0.5, 0.6) is 0 Å². The number of nitrogens with zero attached hydrogens (tertiary/aromatic N) is 1. The number of benzene rings is 1. The molecule has 1 aliphatic heterocycles. The van der Waals surface area contributed by atoms with Crippen molar-refractivity contribution in [2.45, 2.75) is 90.7 Å². The summed E-state index contributed by atoms with van der Waals surface area (Å²) < 4.78 is 6.55. The van der Waals surface area contributed by atoms with Crippen LogP contribution in [-0.4, -0.2) is 48.7 Å². The Morgan fingerprint density at radius 2 is 1.94 bits per heavy atom. The van der Waals surface area contributed by atoms with Crippen molar-refractivity contribution in [2.24, 2.45) is 0 Å². The summed E-state index contributed by atoms with van der Waals surface area (Å²) >= 11 is 1.64. The molecule has 2 unspecified atom stereocenters. The van der Waals surface area contributed by atoms with Crippen LogP contribution in [0.2, 0.25) is 0 Å². The largest absolute Gasteiger partial charge is 0.444 e. The van der Waals surface area contributed by atoms with Gasteiger partial charge in [0.05, 0.1) is 0 Å². The van der Waals surface area contributed by atoms with Crippen molar-refractivity contribution in [1.82, 2.24) is 4.90 Å². The van der Waals surface area contributed by atoms with Gasteiger partial charge in [0.1, 0.15) is 13.4 Å². The van der Waals surface area contributed by atoms with E-state index in [4.69, 9.17) is 12.6 Å². The number of hydrogen-bond acceptors (Lipinski definition) is 4. The maximum absolute atomic E-state index is 13.1. The standard InChI is InChI=1S/C25H34BNO3S.C2H6/c1-5-25(22-19(11-14-28)16-21(26)31-22)12-13-27(23(29)30-24(2,3)4)20(17-25)15-18-9-7-6-8-10-18;1-2/h6-10,16,20,28H,5,11-15,17H2,1-4H3;1-2H3. The number of piperidine rings is 1. The summed E-state index contributed by atoms with van der Waals surface area (Å²) in [6.45, 7) is 12.7. The molecule has 2 heterocycles. The molecule has 6 heteroatoms. The number of hydrogen-bond donors (Lipinski definition) is 1. The van der Waals surface area contributed by atoms with Crippen LogP contribution in [0.4, 0.5) is 4.79 Å². The van der Waals surface area contributed by atoms with E-state index in [1.165, 1.54) is 10.4 Å². The smallest absolute Gasteiger partial charge is 0.410 e. The molecular formula is C27H40BNO3S. The van der Waals surface area contributed by atoms with Gasteiger partial charge in [-0.1, -0.05) is 57.2 Å². The second kappa shape index (κ2) is 12.1. The van der Waals surface area contributed by atoms with Crippen LogP contribution in [0, 0.1) is 0 Å². The molecule has 0 spiro atoms. The number of aliphatic hydroxyl groups is 1. The van der Waals surface area contributed by atoms with Gasteiger partial charge in [-0.2, -0.15) is 11.3 Å². The van der Waals surface area contributed by atoms with E-state index in [-0.39, 0.29) is 24.2 Å². The van der Waals surface area contributed by atoms with Gasteiger partial charge < -0.3 is 14.7 Å². The topological polar surface area (TPSA) is 49.8 Å². The van der Waals surface area contributed by atoms with Crippen molar-refractivity contribution in [3.8, 4) is 0 Å². The highest BCUT2D eigenvalue weighted by Gasteiger charge is 2.44. The fourth-order valence-corrected chi connectivity index (χ4v) is 5.98. The number of rotatable bonds is 6. The summed E-state index contributed by atoms with van der Waals surface area (Å²) in [6.07, 6.45) is 3.86. The second-order valence-electron chi connectivity index (χ2n) is 9.58. The number of thiophene rings is 1. The molecule has 2 radical (unpaired) electrons. The van der Waals surface area contributed by atoms with E-state index in [9.17, 15) is 9.90 Å². The van der Waals surface area contributed by atoms with Gasteiger partial charge in [-0.25, -0.2) is 4.79 Å². The van der Waals surface area contributed by atoms with E-state index in [1.54, 1.807) is 11.3 Å². The molecule has 1 fully saturated rings. The number of aliphatic hydroxyl groups excluding tert-OH is 1. The highest BCUT2D eigenvalue weighted by molar-refractivity contribution is 7.20. The lowest BCUT2D eigenvalue weighted by molar-refractivity contribution is 0.00116.